The van der Waals surface area contributed by atoms with Gasteiger partial charge in [-0.15, -0.1) is 0 Å². The van der Waals surface area contributed by atoms with Gasteiger partial charge in [0, 0.05) is 31.9 Å². The summed E-state index contributed by atoms with van der Waals surface area (Å²) in [5.41, 5.74) is 2.00. The van der Waals surface area contributed by atoms with Crippen molar-refractivity contribution in [1.82, 2.24) is 5.32 Å². The van der Waals surface area contributed by atoms with E-state index in [-0.39, 0.29) is 11.7 Å². The fourth-order valence-electron chi connectivity index (χ4n) is 2.30. The summed E-state index contributed by atoms with van der Waals surface area (Å²) >= 11 is 0. The van der Waals surface area contributed by atoms with Crippen LogP contribution < -0.4 is 10.2 Å². The van der Waals surface area contributed by atoms with Gasteiger partial charge >= 0.3 is 0 Å². The second-order valence-corrected chi connectivity index (χ2v) is 5.64. The van der Waals surface area contributed by atoms with E-state index in [1.807, 2.05) is 18.2 Å². The summed E-state index contributed by atoms with van der Waals surface area (Å²) in [7, 11) is 2.07. The zero-order valence-electron chi connectivity index (χ0n) is 13.9. The number of unbranched alkanes of at least 4 members (excludes halogenated alkanes) is 1. The van der Waals surface area contributed by atoms with Crippen molar-refractivity contribution in [2.75, 3.05) is 25.0 Å². The van der Waals surface area contributed by atoms with Gasteiger partial charge in [0.1, 0.15) is 5.82 Å². The Labute approximate surface area is 142 Å². The summed E-state index contributed by atoms with van der Waals surface area (Å²) in [5.74, 6) is -0.409. The van der Waals surface area contributed by atoms with Crippen molar-refractivity contribution >= 4 is 17.7 Å². The molecule has 0 aromatic heterocycles. The van der Waals surface area contributed by atoms with Crippen LogP contribution in [0.3, 0.4) is 0 Å². The lowest BCUT2D eigenvalue weighted by Gasteiger charge is -2.18. The Kier molecular flexibility index (Phi) is 7.02. The summed E-state index contributed by atoms with van der Waals surface area (Å²) in [6.45, 7) is 1.60. The first-order chi connectivity index (χ1) is 11.6. The number of hydrogen-bond acceptors (Lipinski definition) is 2. The van der Waals surface area contributed by atoms with E-state index >= 15 is 0 Å². The molecule has 0 saturated heterocycles. The number of anilines is 1. The Morgan fingerprint density at radius 1 is 1.08 bits per heavy atom. The molecule has 0 bridgehead atoms. The molecule has 2 aromatic carbocycles. The second kappa shape index (κ2) is 9.50. The molecule has 0 aliphatic carbocycles. The van der Waals surface area contributed by atoms with Crippen LogP contribution in [-0.4, -0.2) is 26.0 Å². The fourth-order valence-corrected chi connectivity index (χ4v) is 2.30. The van der Waals surface area contributed by atoms with E-state index in [1.165, 1.54) is 23.9 Å². The Bertz CT molecular complexity index is 653. The van der Waals surface area contributed by atoms with Crippen LogP contribution in [0.15, 0.2) is 60.7 Å². The molecule has 0 unspecified atom stereocenters. The molecule has 3 nitrogen and oxygen atoms in total. The van der Waals surface area contributed by atoms with E-state index in [1.54, 1.807) is 18.2 Å². The summed E-state index contributed by atoms with van der Waals surface area (Å²) in [4.78, 5) is 13.9. The number of halogens is 1. The third-order valence-electron chi connectivity index (χ3n) is 3.71. The number of carbonyl (C=O) groups excluding carboxylic acids is 1. The van der Waals surface area contributed by atoms with E-state index < -0.39 is 0 Å². The highest BCUT2D eigenvalue weighted by molar-refractivity contribution is 5.91. The maximum absolute atomic E-state index is 12.8. The number of amides is 1. The molecule has 0 aliphatic heterocycles. The molecule has 2 aromatic rings. The standard InChI is InChI=1S/C20H23FN2O/c1-23(19-7-3-2-4-8-19)16-6-5-15-22-20(24)14-11-17-9-12-18(21)13-10-17/h2-4,7-14H,5-6,15-16H2,1H3,(H,22,24). The predicted octanol–water partition coefficient (Wildman–Crippen LogP) is 3.87. The van der Waals surface area contributed by atoms with Crippen LogP contribution in [0, 0.1) is 5.82 Å². The van der Waals surface area contributed by atoms with Gasteiger partial charge < -0.3 is 10.2 Å². The third kappa shape index (κ3) is 6.24. The van der Waals surface area contributed by atoms with E-state index in [0.717, 1.165) is 24.9 Å². The molecule has 2 rings (SSSR count). The number of para-hydroxylation sites is 1. The number of rotatable bonds is 8. The van der Waals surface area contributed by atoms with Gasteiger partial charge in [0.05, 0.1) is 0 Å². The molecule has 0 fully saturated rings. The minimum absolute atomic E-state index is 0.129. The normalized spacial score (nSPS) is 10.8. The quantitative estimate of drug-likeness (QED) is 0.590. The zero-order valence-corrected chi connectivity index (χ0v) is 13.9. The Balaban J connectivity index is 1.61. The molecule has 1 N–H and O–H groups in total. The van der Waals surface area contributed by atoms with Crippen LogP contribution in [0.4, 0.5) is 10.1 Å². The molecule has 126 valence electrons. The molecule has 0 saturated carbocycles. The lowest BCUT2D eigenvalue weighted by molar-refractivity contribution is -0.116. The van der Waals surface area contributed by atoms with Crippen molar-refractivity contribution in [1.29, 1.82) is 0 Å². The maximum atomic E-state index is 12.8. The minimum Gasteiger partial charge on any atom is -0.375 e. The van der Waals surface area contributed by atoms with Crippen molar-refractivity contribution < 1.29 is 9.18 Å². The second-order valence-electron chi connectivity index (χ2n) is 5.64. The van der Waals surface area contributed by atoms with Crippen LogP contribution in [0.1, 0.15) is 18.4 Å². The molecular weight excluding hydrogens is 303 g/mol. The third-order valence-corrected chi connectivity index (χ3v) is 3.71. The van der Waals surface area contributed by atoms with Gasteiger partial charge in [-0.2, -0.15) is 0 Å². The summed E-state index contributed by atoms with van der Waals surface area (Å²) < 4.78 is 12.8. The highest BCUT2D eigenvalue weighted by atomic mass is 19.1. The molecule has 0 radical (unpaired) electrons. The van der Waals surface area contributed by atoms with Crippen molar-refractivity contribution in [3.8, 4) is 0 Å². The van der Waals surface area contributed by atoms with Crippen LogP contribution in [0.25, 0.3) is 6.08 Å². The van der Waals surface area contributed by atoms with Gasteiger partial charge in [0.15, 0.2) is 0 Å². The molecule has 0 heterocycles. The monoisotopic (exact) mass is 326 g/mol. The van der Waals surface area contributed by atoms with Crippen molar-refractivity contribution in [3.05, 3.63) is 72.1 Å². The van der Waals surface area contributed by atoms with Gasteiger partial charge in [-0.3, -0.25) is 4.79 Å². The number of benzene rings is 2. The van der Waals surface area contributed by atoms with Gasteiger partial charge in [-0.05, 0) is 48.7 Å². The van der Waals surface area contributed by atoms with E-state index in [2.05, 4.69) is 29.4 Å². The molecule has 0 spiro atoms. The maximum Gasteiger partial charge on any atom is 0.243 e. The summed E-state index contributed by atoms with van der Waals surface area (Å²) in [6, 6.07) is 16.3. The first kappa shape index (κ1) is 17.7. The largest absolute Gasteiger partial charge is 0.375 e. The van der Waals surface area contributed by atoms with Crippen LogP contribution >= 0.6 is 0 Å². The topological polar surface area (TPSA) is 32.3 Å². The van der Waals surface area contributed by atoms with Gasteiger partial charge in [0.2, 0.25) is 5.91 Å². The lowest BCUT2D eigenvalue weighted by atomic mass is 10.2. The Hall–Kier alpha value is -2.62. The van der Waals surface area contributed by atoms with Gasteiger partial charge in [0.25, 0.3) is 0 Å². The average molecular weight is 326 g/mol. The molecule has 4 heteroatoms. The smallest absolute Gasteiger partial charge is 0.243 e. The first-order valence-electron chi connectivity index (χ1n) is 8.13. The van der Waals surface area contributed by atoms with Gasteiger partial charge in [-0.1, -0.05) is 30.3 Å². The van der Waals surface area contributed by atoms with Crippen LogP contribution in [-0.2, 0) is 4.79 Å². The number of nitrogens with one attached hydrogen (secondary N) is 1. The highest BCUT2D eigenvalue weighted by Crippen LogP contribution is 2.11. The average Bonchev–Trinajstić information content (AvgIpc) is 2.61. The molecule has 0 aliphatic rings. The van der Waals surface area contributed by atoms with Gasteiger partial charge in [-0.25, -0.2) is 4.39 Å². The SMILES string of the molecule is CN(CCCCNC(=O)C=Cc1ccc(F)cc1)c1ccccc1. The highest BCUT2D eigenvalue weighted by Gasteiger charge is 2.00. The Morgan fingerprint density at radius 3 is 2.50 bits per heavy atom. The van der Waals surface area contributed by atoms with Crippen molar-refractivity contribution in [3.63, 3.8) is 0 Å². The first-order valence-corrected chi connectivity index (χ1v) is 8.13. The molecular formula is C20H23FN2O. The summed E-state index contributed by atoms with van der Waals surface area (Å²) in [6.07, 6.45) is 5.09. The number of hydrogen-bond donors (Lipinski definition) is 1. The number of nitrogens with zero attached hydrogens (tertiary/aromatic N) is 1. The van der Waals surface area contributed by atoms with Crippen LogP contribution in [0.5, 0.6) is 0 Å². The Morgan fingerprint density at radius 2 is 1.79 bits per heavy atom. The number of carbonyl (C=O) groups is 1. The summed E-state index contributed by atoms with van der Waals surface area (Å²) in [5, 5.41) is 2.86. The lowest BCUT2D eigenvalue weighted by Crippen LogP contribution is -2.24. The molecule has 0 atom stereocenters. The predicted molar refractivity (Wildman–Crippen MR) is 97.4 cm³/mol. The van der Waals surface area contributed by atoms with E-state index in [9.17, 15) is 9.18 Å². The molecule has 24 heavy (non-hydrogen) atoms. The molecule has 1 amide bonds. The van der Waals surface area contributed by atoms with Crippen LogP contribution in [0.2, 0.25) is 0 Å². The van der Waals surface area contributed by atoms with Crippen molar-refractivity contribution in [2.24, 2.45) is 0 Å². The van der Waals surface area contributed by atoms with E-state index in [4.69, 9.17) is 0 Å². The minimum atomic E-state index is -0.280. The fraction of sp³-hybridized carbons (Fsp3) is 0.250. The zero-order chi connectivity index (χ0) is 17.2. The van der Waals surface area contributed by atoms with Crippen molar-refractivity contribution in [2.45, 2.75) is 12.8 Å². The van der Waals surface area contributed by atoms with E-state index in [0.29, 0.717) is 6.54 Å².